The molecule has 1 heterocycles. The van der Waals surface area contributed by atoms with Crippen molar-refractivity contribution >= 4 is 6.03 Å². The summed E-state index contributed by atoms with van der Waals surface area (Å²) in [5.41, 5.74) is 3.19. The number of fused-ring (bicyclic) bond motifs is 4. The number of carbonyl (C=O) groups excluding carboxylic acids is 1. The van der Waals surface area contributed by atoms with E-state index in [0.717, 1.165) is 24.3 Å². The molecule has 0 radical (unpaired) electrons. The number of hydrogen-bond acceptors (Lipinski definition) is 2. The third-order valence-electron chi connectivity index (χ3n) is 8.66. The minimum absolute atomic E-state index is 0. The van der Waals surface area contributed by atoms with Crippen LogP contribution in [0.1, 0.15) is 79.2 Å². The molecule has 2 unspecified atom stereocenters. The maximum absolute atomic E-state index is 12.3. The summed E-state index contributed by atoms with van der Waals surface area (Å²) in [5, 5.41) is 3.25. The second-order valence-corrected chi connectivity index (χ2v) is 10.5. The fourth-order valence-corrected chi connectivity index (χ4v) is 7.03. The van der Waals surface area contributed by atoms with E-state index < -0.39 is 0 Å². The largest absolute Gasteiger partial charge is 0.331 e. The van der Waals surface area contributed by atoms with Crippen molar-refractivity contribution in [3.63, 3.8) is 0 Å². The van der Waals surface area contributed by atoms with E-state index in [0.29, 0.717) is 5.41 Å². The van der Waals surface area contributed by atoms with Gasteiger partial charge in [-0.15, -0.1) is 0 Å². The predicted molar refractivity (Wildman–Crippen MR) is 123 cm³/mol. The number of carbonyl (C=O) groups is 1. The molecule has 2 amide bonds. The van der Waals surface area contributed by atoms with Gasteiger partial charge in [-0.2, -0.15) is 0 Å². The van der Waals surface area contributed by atoms with Crippen LogP contribution in [-0.4, -0.2) is 49.1 Å². The van der Waals surface area contributed by atoms with Gasteiger partial charge in [0.2, 0.25) is 0 Å². The van der Waals surface area contributed by atoms with Gasteiger partial charge in [-0.25, -0.2) is 4.79 Å². The highest BCUT2D eigenvalue weighted by Gasteiger charge is 2.44. The van der Waals surface area contributed by atoms with Crippen LogP contribution in [0, 0.1) is 11.8 Å². The van der Waals surface area contributed by atoms with E-state index in [4.69, 9.17) is 0 Å². The van der Waals surface area contributed by atoms with Crippen LogP contribution in [0.15, 0.2) is 24.3 Å². The summed E-state index contributed by atoms with van der Waals surface area (Å²) in [6.45, 7) is 2.51. The summed E-state index contributed by atoms with van der Waals surface area (Å²) in [4.78, 5) is 16.8. The number of piperidine rings is 1. The summed E-state index contributed by atoms with van der Waals surface area (Å²) in [5.74, 6) is 2.04. The monoisotopic (exact) mass is 401 g/mol. The van der Waals surface area contributed by atoms with E-state index in [9.17, 15) is 4.79 Å². The molecule has 1 aliphatic heterocycles. The lowest BCUT2D eigenvalue weighted by molar-refractivity contribution is 0.0675. The number of amides is 2. The molecule has 1 aromatic rings. The highest BCUT2D eigenvalue weighted by atomic mass is 16.2. The molecular formula is C25H43N3O. The average molecular weight is 402 g/mol. The molecule has 1 spiro atoms. The van der Waals surface area contributed by atoms with E-state index in [1.54, 1.807) is 4.90 Å². The number of nitrogens with zero attached hydrogens (tertiary/aromatic N) is 2. The molecule has 1 N–H and O–H groups in total. The molecule has 1 saturated heterocycles. The molecule has 2 bridgehead atoms. The van der Waals surface area contributed by atoms with Crippen molar-refractivity contribution in [1.29, 1.82) is 0 Å². The molecule has 4 heteroatoms. The first-order valence-electron chi connectivity index (χ1n) is 11.9. The first-order chi connectivity index (χ1) is 14.0. The third-order valence-corrected chi connectivity index (χ3v) is 8.66. The van der Waals surface area contributed by atoms with Gasteiger partial charge in [0, 0.05) is 24.4 Å². The summed E-state index contributed by atoms with van der Waals surface area (Å²) in [6.07, 6.45) is 12.2. The maximum atomic E-state index is 12.3. The van der Waals surface area contributed by atoms with E-state index in [-0.39, 0.29) is 16.4 Å². The zero-order valence-electron chi connectivity index (χ0n) is 18.2. The standard InChI is InChI=1S/C25H37N3O.3H2/c1-27(2)24(29)26-23-9-10-25(22-6-4-3-5-21(22)23)11-13-28(14-12-25)20-16-18-7-8-19(15-18)17-20;;;/h3-6,18-20,23H,7-17H2,1-2H3,(H,26,29);3*1H/t18?,19?,20?,23-;;;/m0.../s1. The fraction of sp³-hybridized carbons (Fsp3) is 0.720. The Morgan fingerprint density at radius 2 is 1.72 bits per heavy atom. The van der Waals surface area contributed by atoms with Crippen LogP contribution in [0.2, 0.25) is 0 Å². The summed E-state index contributed by atoms with van der Waals surface area (Å²) in [6, 6.07) is 9.95. The molecule has 3 atom stereocenters. The molecule has 4 aliphatic rings. The lowest BCUT2D eigenvalue weighted by atomic mass is 9.63. The van der Waals surface area contributed by atoms with E-state index in [1.165, 1.54) is 75.6 Å². The van der Waals surface area contributed by atoms with Crippen LogP contribution in [0.25, 0.3) is 0 Å². The minimum atomic E-state index is 0. The van der Waals surface area contributed by atoms with Crippen molar-refractivity contribution in [3.05, 3.63) is 35.4 Å². The normalized spacial score (nSPS) is 33.3. The van der Waals surface area contributed by atoms with Crippen molar-refractivity contribution in [2.75, 3.05) is 27.2 Å². The first kappa shape index (κ1) is 19.4. The first-order valence-corrected chi connectivity index (χ1v) is 11.9. The topological polar surface area (TPSA) is 35.6 Å². The Morgan fingerprint density at radius 1 is 1.03 bits per heavy atom. The summed E-state index contributed by atoms with van der Waals surface area (Å²) < 4.78 is 0. The van der Waals surface area contributed by atoms with Crippen LogP contribution < -0.4 is 5.32 Å². The minimum Gasteiger partial charge on any atom is -0.331 e. The molecule has 29 heavy (non-hydrogen) atoms. The molecule has 5 rings (SSSR count). The molecule has 164 valence electrons. The Bertz CT molecular complexity index is 755. The number of benzene rings is 1. The van der Waals surface area contributed by atoms with Crippen LogP contribution in [0.4, 0.5) is 4.79 Å². The highest BCUT2D eigenvalue weighted by molar-refractivity contribution is 5.74. The molecule has 0 aromatic heterocycles. The fourth-order valence-electron chi connectivity index (χ4n) is 7.03. The quantitative estimate of drug-likeness (QED) is 0.716. The van der Waals surface area contributed by atoms with Crippen LogP contribution in [0.3, 0.4) is 0 Å². The zero-order valence-corrected chi connectivity index (χ0v) is 18.2. The van der Waals surface area contributed by atoms with E-state index in [1.807, 2.05) is 14.1 Å². The smallest absolute Gasteiger partial charge is 0.317 e. The average Bonchev–Trinajstić information content (AvgIpc) is 3.08. The van der Waals surface area contributed by atoms with Crippen molar-refractivity contribution in [3.8, 4) is 0 Å². The highest BCUT2D eigenvalue weighted by Crippen LogP contribution is 2.50. The molecular weight excluding hydrogens is 358 g/mol. The van der Waals surface area contributed by atoms with Crippen LogP contribution >= 0.6 is 0 Å². The summed E-state index contributed by atoms with van der Waals surface area (Å²) >= 11 is 0. The van der Waals surface area contributed by atoms with Crippen molar-refractivity contribution in [2.45, 2.75) is 75.3 Å². The van der Waals surface area contributed by atoms with Crippen LogP contribution in [0.5, 0.6) is 0 Å². The Kier molecular flexibility index (Phi) is 5.09. The number of likely N-dealkylation sites (tertiary alicyclic amines) is 1. The second-order valence-electron chi connectivity index (χ2n) is 10.5. The number of urea groups is 1. The zero-order chi connectivity index (χ0) is 20.0. The van der Waals surface area contributed by atoms with E-state index >= 15 is 0 Å². The third kappa shape index (κ3) is 3.58. The predicted octanol–water partition coefficient (Wildman–Crippen LogP) is 5.44. The molecule has 2 saturated carbocycles. The second kappa shape index (κ2) is 7.61. The maximum Gasteiger partial charge on any atom is 0.317 e. The lowest BCUT2D eigenvalue weighted by Crippen LogP contribution is -2.50. The molecule has 3 aliphatic carbocycles. The van der Waals surface area contributed by atoms with Gasteiger partial charge in [0.05, 0.1) is 6.04 Å². The lowest BCUT2D eigenvalue weighted by Gasteiger charge is -2.49. The van der Waals surface area contributed by atoms with Gasteiger partial charge in [-0.05, 0) is 86.4 Å². The van der Waals surface area contributed by atoms with Crippen molar-refractivity contribution in [1.82, 2.24) is 15.1 Å². The van der Waals surface area contributed by atoms with Gasteiger partial charge >= 0.3 is 6.03 Å². The molecule has 4 nitrogen and oxygen atoms in total. The SMILES string of the molecule is CN(C)C(=O)N[C@H]1CCC2(CCN(C3CC4CCC(C4)C3)CC2)c2ccccc21.[HH].[HH].[HH]. The molecule has 1 aromatic carbocycles. The van der Waals surface area contributed by atoms with Gasteiger partial charge in [-0.3, -0.25) is 0 Å². The Morgan fingerprint density at radius 3 is 2.41 bits per heavy atom. The van der Waals surface area contributed by atoms with Gasteiger partial charge in [0.1, 0.15) is 0 Å². The van der Waals surface area contributed by atoms with Gasteiger partial charge in [-0.1, -0.05) is 37.1 Å². The Labute approximate surface area is 180 Å². The van der Waals surface area contributed by atoms with Crippen molar-refractivity contribution < 1.29 is 9.07 Å². The van der Waals surface area contributed by atoms with Crippen molar-refractivity contribution in [2.24, 2.45) is 11.8 Å². The van der Waals surface area contributed by atoms with Crippen LogP contribution in [-0.2, 0) is 5.41 Å². The number of hydrogen-bond donors (Lipinski definition) is 1. The summed E-state index contributed by atoms with van der Waals surface area (Å²) in [7, 11) is 3.64. The number of rotatable bonds is 2. The van der Waals surface area contributed by atoms with Gasteiger partial charge in [0.15, 0.2) is 0 Å². The Hall–Kier alpha value is -1.55. The Balaban J connectivity index is 0.00000121. The van der Waals surface area contributed by atoms with E-state index in [2.05, 4.69) is 34.5 Å². The molecule has 3 fully saturated rings. The van der Waals surface area contributed by atoms with Gasteiger partial charge < -0.3 is 15.1 Å². The van der Waals surface area contributed by atoms with Gasteiger partial charge in [0.25, 0.3) is 0 Å². The number of nitrogens with one attached hydrogen (secondary N) is 1.